The molecule has 0 saturated carbocycles. The second-order valence-corrected chi connectivity index (χ2v) is 7.28. The standard InChI is InChI=1S/C19H20IN3O3S/c1-3-12(2)26-14-8-6-7-13(11-14)17(24)21-19(27)23-22-18(25)15-9-4-5-10-16(15)20/h4-12H,3H2,1-2H3,(H,22,25)(H2,21,23,24,27). The molecule has 1 atom stereocenters. The normalized spacial score (nSPS) is 11.2. The average molecular weight is 497 g/mol. The van der Waals surface area contributed by atoms with Gasteiger partial charge in [0.05, 0.1) is 11.7 Å². The van der Waals surface area contributed by atoms with Gasteiger partial charge in [-0.1, -0.05) is 25.1 Å². The fourth-order valence-corrected chi connectivity index (χ4v) is 2.84. The lowest BCUT2D eigenvalue weighted by Gasteiger charge is -2.14. The lowest BCUT2D eigenvalue weighted by Crippen LogP contribution is -2.48. The average Bonchev–Trinajstić information content (AvgIpc) is 2.66. The van der Waals surface area contributed by atoms with Gasteiger partial charge in [0.2, 0.25) is 0 Å². The molecule has 8 heteroatoms. The van der Waals surface area contributed by atoms with Crippen LogP contribution in [-0.2, 0) is 0 Å². The lowest BCUT2D eigenvalue weighted by atomic mass is 10.2. The Morgan fingerprint density at radius 3 is 2.56 bits per heavy atom. The Morgan fingerprint density at radius 1 is 1.11 bits per heavy atom. The number of carbonyl (C=O) groups is 2. The number of thiocarbonyl (C=S) groups is 1. The summed E-state index contributed by atoms with van der Waals surface area (Å²) in [4.78, 5) is 24.5. The van der Waals surface area contributed by atoms with Crippen molar-refractivity contribution in [1.29, 1.82) is 0 Å². The van der Waals surface area contributed by atoms with Crippen LogP contribution in [0.2, 0.25) is 0 Å². The molecular weight excluding hydrogens is 477 g/mol. The molecule has 0 fully saturated rings. The zero-order valence-corrected chi connectivity index (χ0v) is 17.9. The maximum atomic E-state index is 12.3. The number of halogens is 1. The van der Waals surface area contributed by atoms with Crippen molar-refractivity contribution in [3.8, 4) is 5.75 Å². The fourth-order valence-electron chi connectivity index (χ4n) is 2.06. The first kappa shape index (κ1) is 21.1. The maximum absolute atomic E-state index is 12.3. The zero-order chi connectivity index (χ0) is 19.8. The Hall–Kier alpha value is -2.20. The van der Waals surface area contributed by atoms with Crippen molar-refractivity contribution >= 4 is 51.7 Å². The number of amides is 2. The maximum Gasteiger partial charge on any atom is 0.270 e. The Morgan fingerprint density at radius 2 is 1.85 bits per heavy atom. The number of benzene rings is 2. The van der Waals surface area contributed by atoms with Gasteiger partial charge in [-0.3, -0.25) is 25.8 Å². The van der Waals surface area contributed by atoms with Gasteiger partial charge in [0.1, 0.15) is 5.75 Å². The molecule has 2 aromatic carbocycles. The highest BCUT2D eigenvalue weighted by atomic mass is 127. The van der Waals surface area contributed by atoms with E-state index in [1.54, 1.807) is 36.4 Å². The topological polar surface area (TPSA) is 79.5 Å². The molecule has 2 aromatic rings. The molecule has 0 saturated heterocycles. The van der Waals surface area contributed by atoms with Crippen molar-refractivity contribution < 1.29 is 14.3 Å². The van der Waals surface area contributed by atoms with Crippen LogP contribution in [0.25, 0.3) is 0 Å². The van der Waals surface area contributed by atoms with Crippen LogP contribution in [0.1, 0.15) is 41.0 Å². The van der Waals surface area contributed by atoms with E-state index in [0.29, 0.717) is 16.9 Å². The van der Waals surface area contributed by atoms with Crippen molar-refractivity contribution in [2.75, 3.05) is 0 Å². The predicted octanol–water partition coefficient (Wildman–Crippen LogP) is 3.42. The Labute approximate surface area is 177 Å². The third-order valence-corrected chi connectivity index (χ3v) is 4.79. The highest BCUT2D eigenvalue weighted by molar-refractivity contribution is 14.1. The minimum absolute atomic E-state index is 0.00691. The minimum atomic E-state index is -0.398. The van der Waals surface area contributed by atoms with E-state index in [2.05, 4.69) is 38.8 Å². The lowest BCUT2D eigenvalue weighted by molar-refractivity contribution is 0.0934. The van der Waals surface area contributed by atoms with Gasteiger partial charge in [0, 0.05) is 9.13 Å². The van der Waals surface area contributed by atoms with Gasteiger partial charge in [-0.2, -0.15) is 0 Å². The summed E-state index contributed by atoms with van der Waals surface area (Å²) >= 11 is 7.13. The second kappa shape index (κ2) is 10.2. The zero-order valence-electron chi connectivity index (χ0n) is 14.9. The van der Waals surface area contributed by atoms with Crippen LogP contribution in [0.3, 0.4) is 0 Å². The number of hydrazine groups is 1. The largest absolute Gasteiger partial charge is 0.491 e. The third-order valence-electron chi connectivity index (χ3n) is 3.64. The number of nitrogens with one attached hydrogen (secondary N) is 3. The van der Waals surface area contributed by atoms with Crippen LogP contribution in [0.15, 0.2) is 48.5 Å². The summed E-state index contributed by atoms with van der Waals surface area (Å²) in [5.74, 6) is -0.131. The Balaban J connectivity index is 1.90. The van der Waals surface area contributed by atoms with Crippen molar-refractivity contribution in [3.05, 3.63) is 63.2 Å². The van der Waals surface area contributed by atoms with E-state index in [1.165, 1.54) is 0 Å². The van der Waals surface area contributed by atoms with Crippen LogP contribution in [-0.4, -0.2) is 23.0 Å². The van der Waals surface area contributed by atoms with Gasteiger partial charge in [-0.25, -0.2) is 0 Å². The number of ether oxygens (including phenoxy) is 1. The monoisotopic (exact) mass is 497 g/mol. The van der Waals surface area contributed by atoms with Gasteiger partial charge in [-0.15, -0.1) is 0 Å². The molecule has 0 aliphatic heterocycles. The van der Waals surface area contributed by atoms with Crippen molar-refractivity contribution in [1.82, 2.24) is 16.2 Å². The summed E-state index contributed by atoms with van der Waals surface area (Å²) in [6.45, 7) is 3.98. The first-order valence-corrected chi connectivity index (χ1v) is 9.82. The van der Waals surface area contributed by atoms with Crippen molar-refractivity contribution in [3.63, 3.8) is 0 Å². The molecule has 0 spiro atoms. The molecule has 2 amide bonds. The van der Waals surface area contributed by atoms with E-state index in [4.69, 9.17) is 17.0 Å². The molecule has 6 nitrogen and oxygen atoms in total. The molecule has 3 N–H and O–H groups in total. The Bertz CT molecular complexity index is 844. The summed E-state index contributed by atoms with van der Waals surface area (Å²) in [5.41, 5.74) is 5.91. The van der Waals surface area contributed by atoms with Gasteiger partial charge >= 0.3 is 0 Å². The molecule has 1 unspecified atom stereocenters. The molecule has 0 bridgehead atoms. The predicted molar refractivity (Wildman–Crippen MR) is 117 cm³/mol. The van der Waals surface area contributed by atoms with Gasteiger partial charge in [0.15, 0.2) is 5.11 Å². The quantitative estimate of drug-likeness (QED) is 0.335. The number of rotatable bonds is 5. The number of carbonyl (C=O) groups excluding carboxylic acids is 2. The van der Waals surface area contributed by atoms with E-state index < -0.39 is 5.91 Å². The van der Waals surface area contributed by atoms with Crippen LogP contribution in [0, 0.1) is 3.57 Å². The highest BCUT2D eigenvalue weighted by Crippen LogP contribution is 2.16. The van der Waals surface area contributed by atoms with Crippen molar-refractivity contribution in [2.24, 2.45) is 0 Å². The number of hydrogen-bond donors (Lipinski definition) is 3. The van der Waals surface area contributed by atoms with E-state index in [0.717, 1.165) is 9.99 Å². The fraction of sp³-hybridized carbons (Fsp3) is 0.211. The first-order valence-electron chi connectivity index (χ1n) is 8.33. The molecule has 142 valence electrons. The highest BCUT2D eigenvalue weighted by Gasteiger charge is 2.12. The molecule has 0 aromatic heterocycles. The van der Waals surface area contributed by atoms with Crippen LogP contribution >= 0.6 is 34.8 Å². The van der Waals surface area contributed by atoms with E-state index in [9.17, 15) is 9.59 Å². The molecule has 0 aliphatic rings. The van der Waals surface area contributed by atoms with Crippen LogP contribution in [0.4, 0.5) is 0 Å². The smallest absolute Gasteiger partial charge is 0.270 e. The number of hydrogen-bond acceptors (Lipinski definition) is 4. The summed E-state index contributed by atoms with van der Waals surface area (Å²) in [7, 11) is 0. The van der Waals surface area contributed by atoms with Gasteiger partial charge in [-0.05, 0) is 78.5 Å². The van der Waals surface area contributed by atoms with Gasteiger partial charge in [0.25, 0.3) is 11.8 Å². The third kappa shape index (κ3) is 6.47. The molecule has 0 radical (unpaired) electrons. The minimum Gasteiger partial charge on any atom is -0.491 e. The van der Waals surface area contributed by atoms with Crippen molar-refractivity contribution in [2.45, 2.75) is 26.4 Å². The summed E-state index contributed by atoms with van der Waals surface area (Å²) in [6, 6.07) is 14.0. The first-order chi connectivity index (χ1) is 12.9. The second-order valence-electron chi connectivity index (χ2n) is 5.71. The SMILES string of the molecule is CCC(C)Oc1cccc(C(=O)NC(=S)NNC(=O)c2ccccc2I)c1. The van der Waals surface area contributed by atoms with E-state index >= 15 is 0 Å². The molecule has 2 rings (SSSR count). The summed E-state index contributed by atoms with van der Waals surface area (Å²) in [6.07, 6.45) is 0.923. The molecule has 27 heavy (non-hydrogen) atoms. The summed E-state index contributed by atoms with van der Waals surface area (Å²) in [5, 5.41) is 2.51. The molecule has 0 aliphatic carbocycles. The van der Waals surface area contributed by atoms with Gasteiger partial charge < -0.3 is 4.74 Å². The molecular formula is C19H20IN3O3S. The Kier molecular flexibility index (Phi) is 7.99. The van der Waals surface area contributed by atoms with Crippen LogP contribution in [0.5, 0.6) is 5.75 Å². The van der Waals surface area contributed by atoms with E-state index in [1.807, 2.05) is 26.0 Å². The summed E-state index contributed by atoms with van der Waals surface area (Å²) < 4.78 is 6.52. The van der Waals surface area contributed by atoms with E-state index in [-0.39, 0.29) is 17.1 Å². The van der Waals surface area contributed by atoms with Crippen LogP contribution < -0.4 is 20.9 Å². The molecule has 0 heterocycles.